The van der Waals surface area contributed by atoms with E-state index in [9.17, 15) is 14.4 Å². The van der Waals surface area contributed by atoms with Gasteiger partial charge >= 0.3 is 6.09 Å². The van der Waals surface area contributed by atoms with Gasteiger partial charge in [-0.15, -0.1) is 0 Å². The van der Waals surface area contributed by atoms with Crippen molar-refractivity contribution >= 4 is 17.9 Å². The number of rotatable bonds is 9. The topological polar surface area (TPSA) is 87.7 Å². The molecular weight excluding hydrogens is 430 g/mol. The first-order chi connectivity index (χ1) is 15.6. The number of hydrogen-bond donors (Lipinski definition) is 2. The molecular formula is C27H45N3O4. The van der Waals surface area contributed by atoms with Crippen LogP contribution in [0.1, 0.15) is 97.4 Å². The molecule has 0 radical (unpaired) electrons. The molecule has 2 unspecified atom stereocenters. The molecule has 2 N–H and O–H groups in total. The van der Waals surface area contributed by atoms with Crippen LogP contribution in [0.2, 0.25) is 0 Å². The van der Waals surface area contributed by atoms with Gasteiger partial charge < -0.3 is 20.3 Å². The van der Waals surface area contributed by atoms with Crippen LogP contribution in [-0.2, 0) is 14.3 Å². The van der Waals surface area contributed by atoms with Crippen LogP contribution in [0.15, 0.2) is 18.2 Å². The molecule has 0 aliphatic heterocycles. The van der Waals surface area contributed by atoms with Gasteiger partial charge in [-0.1, -0.05) is 38.0 Å². The van der Waals surface area contributed by atoms with Crippen molar-refractivity contribution in [3.63, 3.8) is 0 Å². The highest BCUT2D eigenvalue weighted by atomic mass is 16.6. The lowest BCUT2D eigenvalue weighted by atomic mass is 9.93. The van der Waals surface area contributed by atoms with Gasteiger partial charge in [0.1, 0.15) is 17.7 Å². The number of unbranched alkanes of at least 4 members (excludes halogenated alkanes) is 2. The molecule has 1 aromatic carbocycles. The Kier molecular flexibility index (Phi) is 10.6. The van der Waals surface area contributed by atoms with Crippen LogP contribution in [0.4, 0.5) is 4.79 Å². The summed E-state index contributed by atoms with van der Waals surface area (Å²) >= 11 is 0. The van der Waals surface area contributed by atoms with Crippen LogP contribution < -0.4 is 10.6 Å². The second-order valence-corrected chi connectivity index (χ2v) is 11.0. The fourth-order valence-electron chi connectivity index (χ4n) is 3.64. The number of alkyl carbamates (subject to hydrolysis) is 1. The standard InChI is InChI=1S/C27H45N3O4/c1-11-12-13-16-28-23(31)22(21-15-14-18(2)19(3)17-21)30(26(5,6)7)24(32)20(4)29-25(33)34-27(8,9)10/h14-15,17,20,22H,11-13,16H2,1-10H3,(H,28,31)(H,29,33). The number of nitrogens with one attached hydrogen (secondary N) is 2. The molecule has 34 heavy (non-hydrogen) atoms. The highest BCUT2D eigenvalue weighted by molar-refractivity contribution is 5.92. The second-order valence-electron chi connectivity index (χ2n) is 11.0. The van der Waals surface area contributed by atoms with Crippen LogP contribution >= 0.6 is 0 Å². The maximum absolute atomic E-state index is 13.7. The van der Waals surface area contributed by atoms with Gasteiger partial charge in [0.05, 0.1) is 0 Å². The van der Waals surface area contributed by atoms with Crippen molar-refractivity contribution in [3.05, 3.63) is 34.9 Å². The van der Waals surface area contributed by atoms with E-state index < -0.39 is 29.3 Å². The van der Waals surface area contributed by atoms with E-state index in [1.165, 1.54) is 0 Å². The molecule has 7 heteroatoms. The molecule has 7 nitrogen and oxygen atoms in total. The predicted molar refractivity (Wildman–Crippen MR) is 137 cm³/mol. The Hall–Kier alpha value is -2.57. The van der Waals surface area contributed by atoms with E-state index in [0.29, 0.717) is 6.54 Å². The molecule has 0 spiro atoms. The van der Waals surface area contributed by atoms with Gasteiger partial charge in [-0.3, -0.25) is 9.59 Å². The Morgan fingerprint density at radius 2 is 1.62 bits per heavy atom. The normalized spacial score (nSPS) is 13.6. The minimum absolute atomic E-state index is 0.230. The Balaban J connectivity index is 3.36. The molecule has 0 aliphatic rings. The molecule has 192 valence electrons. The monoisotopic (exact) mass is 475 g/mol. The largest absolute Gasteiger partial charge is 0.444 e. The van der Waals surface area contributed by atoms with Crippen molar-refractivity contribution in [2.24, 2.45) is 0 Å². The number of aryl methyl sites for hydroxylation is 2. The van der Waals surface area contributed by atoms with Crippen molar-refractivity contribution in [1.29, 1.82) is 0 Å². The van der Waals surface area contributed by atoms with Gasteiger partial charge in [0, 0.05) is 12.1 Å². The summed E-state index contributed by atoms with van der Waals surface area (Å²) in [5.41, 5.74) is 1.52. The van der Waals surface area contributed by atoms with E-state index in [2.05, 4.69) is 17.6 Å². The van der Waals surface area contributed by atoms with Gasteiger partial charge in [-0.25, -0.2) is 4.79 Å². The van der Waals surface area contributed by atoms with Crippen molar-refractivity contribution in [2.75, 3.05) is 6.54 Å². The number of ether oxygens (including phenoxy) is 1. The van der Waals surface area contributed by atoms with E-state index in [0.717, 1.165) is 36.0 Å². The lowest BCUT2D eigenvalue weighted by Crippen LogP contribution is -2.58. The molecule has 0 bridgehead atoms. The van der Waals surface area contributed by atoms with Gasteiger partial charge in [0.25, 0.3) is 0 Å². The quantitative estimate of drug-likeness (QED) is 0.481. The average molecular weight is 476 g/mol. The summed E-state index contributed by atoms with van der Waals surface area (Å²) in [6.45, 7) is 19.2. The lowest BCUT2D eigenvalue weighted by Gasteiger charge is -2.42. The zero-order chi connectivity index (χ0) is 26.3. The Labute approximate surface area is 206 Å². The average Bonchev–Trinajstić information content (AvgIpc) is 2.68. The van der Waals surface area contributed by atoms with Crippen molar-refractivity contribution < 1.29 is 19.1 Å². The maximum atomic E-state index is 13.7. The van der Waals surface area contributed by atoms with Gasteiger partial charge in [0.15, 0.2) is 0 Å². The number of hydrogen-bond acceptors (Lipinski definition) is 4. The highest BCUT2D eigenvalue weighted by Gasteiger charge is 2.40. The minimum Gasteiger partial charge on any atom is -0.444 e. The van der Waals surface area contributed by atoms with E-state index >= 15 is 0 Å². The van der Waals surface area contributed by atoms with Crippen LogP contribution in [0.3, 0.4) is 0 Å². The molecule has 0 saturated heterocycles. The summed E-state index contributed by atoms with van der Waals surface area (Å²) in [6.07, 6.45) is 2.28. The Bertz CT molecular complexity index is 852. The van der Waals surface area contributed by atoms with Crippen LogP contribution in [0.25, 0.3) is 0 Å². The third kappa shape index (κ3) is 8.99. The summed E-state index contributed by atoms with van der Waals surface area (Å²) < 4.78 is 5.32. The first-order valence-corrected chi connectivity index (χ1v) is 12.3. The van der Waals surface area contributed by atoms with E-state index in [1.54, 1.807) is 32.6 Å². The number of benzene rings is 1. The molecule has 1 aromatic rings. The van der Waals surface area contributed by atoms with Crippen molar-refractivity contribution in [2.45, 2.75) is 112 Å². The predicted octanol–water partition coefficient (Wildman–Crippen LogP) is 5.19. The smallest absolute Gasteiger partial charge is 0.408 e. The lowest BCUT2D eigenvalue weighted by molar-refractivity contribution is -0.148. The summed E-state index contributed by atoms with van der Waals surface area (Å²) in [5, 5.41) is 5.65. The molecule has 3 amide bonds. The molecule has 0 aliphatic carbocycles. The van der Waals surface area contributed by atoms with Gasteiger partial charge in [-0.05, 0) is 85.4 Å². The number of nitrogens with zero attached hydrogens (tertiary/aromatic N) is 1. The third-order valence-corrected chi connectivity index (χ3v) is 5.50. The summed E-state index contributed by atoms with van der Waals surface area (Å²) in [6, 6.07) is 4.11. The number of carbonyl (C=O) groups is 3. The van der Waals surface area contributed by atoms with E-state index in [-0.39, 0.29) is 11.8 Å². The number of amides is 3. The van der Waals surface area contributed by atoms with E-state index in [1.807, 2.05) is 52.8 Å². The Morgan fingerprint density at radius 1 is 1.00 bits per heavy atom. The fraction of sp³-hybridized carbons (Fsp3) is 0.667. The fourth-order valence-corrected chi connectivity index (χ4v) is 3.64. The zero-order valence-corrected chi connectivity index (χ0v) is 22.8. The molecule has 0 heterocycles. The van der Waals surface area contributed by atoms with Crippen molar-refractivity contribution in [1.82, 2.24) is 15.5 Å². The highest BCUT2D eigenvalue weighted by Crippen LogP contribution is 2.31. The Morgan fingerprint density at radius 3 is 2.12 bits per heavy atom. The minimum atomic E-state index is -0.879. The third-order valence-electron chi connectivity index (χ3n) is 5.50. The molecule has 0 fully saturated rings. The molecule has 1 rings (SSSR count). The van der Waals surface area contributed by atoms with Crippen LogP contribution in [-0.4, -0.2) is 46.5 Å². The van der Waals surface area contributed by atoms with E-state index in [4.69, 9.17) is 4.74 Å². The second kappa shape index (κ2) is 12.2. The first kappa shape index (κ1) is 29.5. The molecule has 0 saturated carbocycles. The van der Waals surface area contributed by atoms with Crippen LogP contribution in [0.5, 0.6) is 0 Å². The van der Waals surface area contributed by atoms with Crippen molar-refractivity contribution in [3.8, 4) is 0 Å². The SMILES string of the molecule is CCCCCNC(=O)C(c1ccc(C)c(C)c1)N(C(=O)C(C)NC(=O)OC(C)(C)C)C(C)(C)C. The maximum Gasteiger partial charge on any atom is 0.408 e. The van der Waals surface area contributed by atoms with Gasteiger partial charge in [-0.2, -0.15) is 0 Å². The molecule has 0 aromatic heterocycles. The zero-order valence-electron chi connectivity index (χ0n) is 22.8. The molecule has 2 atom stereocenters. The van der Waals surface area contributed by atoms with Gasteiger partial charge in [0.2, 0.25) is 11.8 Å². The summed E-state index contributed by atoms with van der Waals surface area (Å²) in [4.78, 5) is 41.1. The van der Waals surface area contributed by atoms with Crippen LogP contribution in [0, 0.1) is 13.8 Å². The summed E-state index contributed by atoms with van der Waals surface area (Å²) in [5.74, 6) is -0.586. The first-order valence-electron chi connectivity index (χ1n) is 12.3. The number of carbonyl (C=O) groups excluding carboxylic acids is 3. The summed E-state index contributed by atoms with van der Waals surface area (Å²) in [7, 11) is 0.